The summed E-state index contributed by atoms with van der Waals surface area (Å²) in [6.07, 6.45) is 2.46. The van der Waals surface area contributed by atoms with E-state index in [0.29, 0.717) is 12.1 Å². The second-order valence-corrected chi connectivity index (χ2v) is 4.01. The van der Waals surface area contributed by atoms with Crippen LogP contribution >= 0.6 is 0 Å². The van der Waals surface area contributed by atoms with Gasteiger partial charge in [-0.25, -0.2) is 4.98 Å². The lowest BCUT2D eigenvalue weighted by atomic mass is 10.2. The number of aryl methyl sites for hydroxylation is 2. The highest BCUT2D eigenvalue weighted by Crippen LogP contribution is 2.29. The first-order chi connectivity index (χ1) is 10.6. The molecule has 0 aliphatic heterocycles. The summed E-state index contributed by atoms with van der Waals surface area (Å²) in [6, 6.07) is 5.26. The topological polar surface area (TPSA) is 74.1 Å². The molecule has 2 rings (SSSR count). The molecule has 2 aromatic rings. The molecule has 6 nitrogen and oxygen atoms in total. The summed E-state index contributed by atoms with van der Waals surface area (Å²) < 4.78 is 31.0. The monoisotopic (exact) mass is 311 g/mol. The number of carbonyl (C=O) groups excluding carboxylic acids is 2. The quantitative estimate of drug-likeness (QED) is 0.848. The Morgan fingerprint density at radius 3 is 2.59 bits per heavy atom. The van der Waals surface area contributed by atoms with E-state index in [1.54, 1.807) is 16.8 Å². The lowest BCUT2D eigenvalue weighted by Gasteiger charge is -2.10. The van der Waals surface area contributed by atoms with E-state index in [0.717, 1.165) is 17.8 Å². The molecule has 0 aliphatic rings. The van der Waals surface area contributed by atoms with Gasteiger partial charge in [0.25, 0.3) is 0 Å². The number of aromatic nitrogens is 3. The Bertz CT molecular complexity index is 638. The molecule has 0 aromatic carbocycles. The molecular weight excluding hydrogens is 296 g/mol. The van der Waals surface area contributed by atoms with Crippen LogP contribution in [-0.2, 0) is 22.6 Å². The van der Waals surface area contributed by atoms with Crippen LogP contribution in [-0.4, -0.2) is 27.5 Å². The van der Waals surface area contributed by atoms with Crippen LogP contribution in [0, 0.1) is 0 Å². The molecule has 0 amide bonds. The van der Waals surface area contributed by atoms with Crippen molar-refractivity contribution in [3.05, 3.63) is 30.1 Å². The maximum absolute atomic E-state index is 12.4. The van der Waals surface area contributed by atoms with Crippen LogP contribution < -0.4 is 4.74 Å². The fourth-order valence-electron chi connectivity index (χ4n) is 1.86. The molecule has 0 aliphatic carbocycles. The number of pyridine rings is 1. The van der Waals surface area contributed by atoms with E-state index in [2.05, 4.69) is 14.8 Å². The van der Waals surface area contributed by atoms with Gasteiger partial charge in [0, 0.05) is 12.7 Å². The number of halogens is 2. The summed E-state index contributed by atoms with van der Waals surface area (Å²) in [5.74, 6) is -0.0743. The number of hydrogen-bond acceptors (Lipinski definition) is 5. The van der Waals surface area contributed by atoms with Crippen molar-refractivity contribution in [1.29, 1.82) is 0 Å². The van der Waals surface area contributed by atoms with Gasteiger partial charge in [0.2, 0.25) is 5.88 Å². The first kappa shape index (κ1) is 17.5. The molecule has 0 atom stereocenters. The molecule has 0 bridgehead atoms. The Kier molecular flexibility index (Phi) is 6.85. The predicted octanol–water partition coefficient (Wildman–Crippen LogP) is 2.55. The third-order valence-electron chi connectivity index (χ3n) is 2.74. The lowest BCUT2D eigenvalue weighted by molar-refractivity contribution is -0.191. The SMILES string of the molecule is CCc1cc(-c2cccnc2OC(F)F)n(CC)n1.O=C=O. The largest absolute Gasteiger partial charge is 0.416 e. The lowest BCUT2D eigenvalue weighted by Crippen LogP contribution is -2.06. The zero-order valence-electron chi connectivity index (χ0n) is 12.1. The molecule has 8 heteroatoms. The molecule has 118 valence electrons. The highest BCUT2D eigenvalue weighted by molar-refractivity contribution is 5.65. The van der Waals surface area contributed by atoms with Gasteiger partial charge < -0.3 is 4.74 Å². The predicted molar refractivity (Wildman–Crippen MR) is 72.1 cm³/mol. The molecule has 0 N–H and O–H groups in total. The smallest absolute Gasteiger partial charge is 0.388 e. The van der Waals surface area contributed by atoms with Crippen molar-refractivity contribution in [1.82, 2.24) is 14.8 Å². The molecule has 0 fully saturated rings. The van der Waals surface area contributed by atoms with Crippen molar-refractivity contribution in [2.45, 2.75) is 33.4 Å². The summed E-state index contributed by atoms with van der Waals surface area (Å²) in [7, 11) is 0. The normalized spacial score (nSPS) is 9.86. The molecule has 0 radical (unpaired) electrons. The van der Waals surface area contributed by atoms with E-state index in [4.69, 9.17) is 9.59 Å². The van der Waals surface area contributed by atoms with Crippen LogP contribution in [0.5, 0.6) is 5.88 Å². The van der Waals surface area contributed by atoms with Crippen molar-refractivity contribution >= 4 is 6.15 Å². The standard InChI is InChI=1S/C13H15F2N3O.CO2/c1-3-9-8-11(18(4-2)17-9)10-6-5-7-16-12(10)19-13(14)15;2-1-3/h5-8,13H,3-4H2,1-2H3;. The van der Waals surface area contributed by atoms with Crippen LogP contribution in [0.15, 0.2) is 24.4 Å². The Balaban J connectivity index is 0.000000745. The minimum atomic E-state index is -2.89. The molecule has 2 aromatic heterocycles. The Morgan fingerprint density at radius 1 is 1.36 bits per heavy atom. The van der Waals surface area contributed by atoms with Crippen LogP contribution in [0.25, 0.3) is 11.3 Å². The van der Waals surface area contributed by atoms with Gasteiger partial charge in [-0.2, -0.15) is 23.5 Å². The average Bonchev–Trinajstić information content (AvgIpc) is 2.91. The van der Waals surface area contributed by atoms with Gasteiger partial charge in [-0.15, -0.1) is 0 Å². The molecule has 2 heterocycles. The number of alkyl halides is 2. The fraction of sp³-hybridized carbons (Fsp3) is 0.357. The van der Waals surface area contributed by atoms with Crippen molar-refractivity contribution < 1.29 is 23.1 Å². The zero-order valence-corrected chi connectivity index (χ0v) is 12.1. The van der Waals surface area contributed by atoms with Crippen molar-refractivity contribution in [3.63, 3.8) is 0 Å². The average molecular weight is 311 g/mol. The van der Waals surface area contributed by atoms with Crippen LogP contribution in [0.1, 0.15) is 19.5 Å². The Hall–Kier alpha value is -2.60. The van der Waals surface area contributed by atoms with Gasteiger partial charge in [-0.05, 0) is 31.5 Å². The second kappa shape index (κ2) is 8.63. The first-order valence-corrected chi connectivity index (χ1v) is 6.53. The maximum atomic E-state index is 12.4. The van der Waals surface area contributed by atoms with Crippen LogP contribution in [0.4, 0.5) is 8.78 Å². The molecular formula is C14H15F2N3O3. The van der Waals surface area contributed by atoms with E-state index in [-0.39, 0.29) is 12.0 Å². The van der Waals surface area contributed by atoms with Crippen LogP contribution in [0.2, 0.25) is 0 Å². The van der Waals surface area contributed by atoms with E-state index in [1.807, 2.05) is 19.9 Å². The van der Waals surface area contributed by atoms with E-state index < -0.39 is 6.61 Å². The van der Waals surface area contributed by atoms with Gasteiger partial charge in [0.05, 0.1) is 17.0 Å². The number of rotatable bonds is 5. The summed E-state index contributed by atoms with van der Waals surface area (Å²) in [5, 5.41) is 4.39. The molecule has 0 saturated heterocycles. The number of nitrogens with zero attached hydrogens (tertiary/aromatic N) is 3. The molecule has 0 unspecified atom stereocenters. The second-order valence-electron chi connectivity index (χ2n) is 4.01. The maximum Gasteiger partial charge on any atom is 0.388 e. The third-order valence-corrected chi connectivity index (χ3v) is 2.74. The van der Waals surface area contributed by atoms with Gasteiger partial charge >= 0.3 is 12.8 Å². The minimum absolute atomic E-state index is 0.0743. The first-order valence-electron chi connectivity index (χ1n) is 6.53. The summed E-state index contributed by atoms with van der Waals surface area (Å²) >= 11 is 0. The number of hydrogen-bond donors (Lipinski definition) is 0. The third kappa shape index (κ3) is 4.46. The minimum Gasteiger partial charge on any atom is -0.416 e. The van der Waals surface area contributed by atoms with Crippen molar-refractivity contribution in [3.8, 4) is 17.1 Å². The highest BCUT2D eigenvalue weighted by Gasteiger charge is 2.16. The van der Waals surface area contributed by atoms with Gasteiger partial charge in [-0.3, -0.25) is 4.68 Å². The Labute approximate surface area is 125 Å². The zero-order chi connectivity index (χ0) is 16.5. The summed E-state index contributed by atoms with van der Waals surface area (Å²) in [6.45, 7) is 1.70. The van der Waals surface area contributed by atoms with Crippen molar-refractivity contribution in [2.24, 2.45) is 0 Å². The van der Waals surface area contributed by atoms with Crippen LogP contribution in [0.3, 0.4) is 0 Å². The fourth-order valence-corrected chi connectivity index (χ4v) is 1.86. The highest BCUT2D eigenvalue weighted by atomic mass is 19.3. The molecule has 22 heavy (non-hydrogen) atoms. The summed E-state index contributed by atoms with van der Waals surface area (Å²) in [4.78, 5) is 20.1. The number of ether oxygens (including phenoxy) is 1. The molecule has 0 spiro atoms. The van der Waals surface area contributed by atoms with Gasteiger partial charge in [0.1, 0.15) is 0 Å². The van der Waals surface area contributed by atoms with Gasteiger partial charge in [-0.1, -0.05) is 6.92 Å². The summed E-state index contributed by atoms with van der Waals surface area (Å²) in [5.41, 5.74) is 2.17. The van der Waals surface area contributed by atoms with E-state index >= 15 is 0 Å². The van der Waals surface area contributed by atoms with E-state index in [1.165, 1.54) is 6.20 Å². The van der Waals surface area contributed by atoms with E-state index in [9.17, 15) is 8.78 Å². The Morgan fingerprint density at radius 2 is 2.05 bits per heavy atom. The molecule has 0 saturated carbocycles. The van der Waals surface area contributed by atoms with Gasteiger partial charge in [0.15, 0.2) is 0 Å². The van der Waals surface area contributed by atoms with Crippen molar-refractivity contribution in [2.75, 3.05) is 0 Å².